The van der Waals surface area contributed by atoms with Crippen molar-refractivity contribution in [3.05, 3.63) is 0 Å². The zero-order chi connectivity index (χ0) is 9.23. The maximum Gasteiger partial charge on any atom is 0.221 e. The van der Waals surface area contributed by atoms with Gasteiger partial charge in [0.1, 0.15) is 0 Å². The van der Waals surface area contributed by atoms with E-state index in [-0.39, 0.29) is 5.91 Å². The fraction of sp³-hybridized carbons (Fsp3) is 0.875. The molecule has 0 fully saturated rings. The molecule has 0 aliphatic rings. The number of amides is 1. The van der Waals surface area contributed by atoms with Crippen LogP contribution < -0.4 is 10.6 Å². The van der Waals surface area contributed by atoms with Crippen LogP contribution in [0, 0.1) is 0 Å². The fourth-order valence-electron chi connectivity index (χ4n) is 0.734. The molecule has 4 nitrogen and oxygen atoms in total. The third-order valence-electron chi connectivity index (χ3n) is 1.37. The SMILES string of the molecule is CCOCCNC(=O)CCNC. The van der Waals surface area contributed by atoms with Crippen molar-refractivity contribution in [3.8, 4) is 0 Å². The summed E-state index contributed by atoms with van der Waals surface area (Å²) in [5, 5.41) is 5.66. The zero-order valence-corrected chi connectivity index (χ0v) is 7.85. The van der Waals surface area contributed by atoms with Crippen molar-refractivity contribution in [3.63, 3.8) is 0 Å². The van der Waals surface area contributed by atoms with Crippen LogP contribution in [0.3, 0.4) is 0 Å². The minimum absolute atomic E-state index is 0.0732. The number of carbonyl (C=O) groups excluding carboxylic acids is 1. The monoisotopic (exact) mass is 174 g/mol. The van der Waals surface area contributed by atoms with Crippen molar-refractivity contribution in [1.29, 1.82) is 0 Å². The van der Waals surface area contributed by atoms with E-state index in [0.29, 0.717) is 26.2 Å². The Bertz CT molecular complexity index is 118. The highest BCUT2D eigenvalue weighted by Gasteiger charge is 1.97. The molecule has 0 aliphatic heterocycles. The van der Waals surface area contributed by atoms with Crippen molar-refractivity contribution >= 4 is 5.91 Å². The largest absolute Gasteiger partial charge is 0.380 e. The van der Waals surface area contributed by atoms with Gasteiger partial charge in [-0.3, -0.25) is 4.79 Å². The van der Waals surface area contributed by atoms with Gasteiger partial charge in [-0.25, -0.2) is 0 Å². The van der Waals surface area contributed by atoms with E-state index in [1.54, 1.807) is 0 Å². The van der Waals surface area contributed by atoms with Crippen LogP contribution in [0.4, 0.5) is 0 Å². The summed E-state index contributed by atoms with van der Waals surface area (Å²) >= 11 is 0. The summed E-state index contributed by atoms with van der Waals surface area (Å²) < 4.78 is 5.06. The van der Waals surface area contributed by atoms with E-state index in [9.17, 15) is 4.79 Å². The molecule has 0 heterocycles. The topological polar surface area (TPSA) is 50.4 Å². The molecule has 0 spiro atoms. The zero-order valence-electron chi connectivity index (χ0n) is 7.85. The second-order valence-electron chi connectivity index (χ2n) is 2.40. The summed E-state index contributed by atoms with van der Waals surface area (Å²) in [5.74, 6) is 0.0732. The molecule has 4 heteroatoms. The van der Waals surface area contributed by atoms with Crippen LogP contribution in [0.25, 0.3) is 0 Å². The van der Waals surface area contributed by atoms with Crippen LogP contribution in [0.2, 0.25) is 0 Å². The number of hydrogen-bond donors (Lipinski definition) is 2. The summed E-state index contributed by atoms with van der Waals surface area (Å²) in [6.07, 6.45) is 0.530. The van der Waals surface area contributed by atoms with Gasteiger partial charge in [-0.15, -0.1) is 0 Å². The highest BCUT2D eigenvalue weighted by atomic mass is 16.5. The lowest BCUT2D eigenvalue weighted by molar-refractivity contribution is -0.121. The number of hydrogen-bond acceptors (Lipinski definition) is 3. The first-order valence-electron chi connectivity index (χ1n) is 4.30. The minimum atomic E-state index is 0.0732. The van der Waals surface area contributed by atoms with E-state index in [0.717, 1.165) is 6.54 Å². The fourth-order valence-corrected chi connectivity index (χ4v) is 0.734. The van der Waals surface area contributed by atoms with Crippen molar-refractivity contribution in [2.45, 2.75) is 13.3 Å². The Morgan fingerprint density at radius 1 is 1.42 bits per heavy atom. The molecule has 0 bridgehead atoms. The van der Waals surface area contributed by atoms with Crippen LogP contribution in [-0.4, -0.2) is 39.3 Å². The summed E-state index contributed by atoms with van der Waals surface area (Å²) in [5.41, 5.74) is 0. The molecule has 0 unspecified atom stereocenters. The summed E-state index contributed by atoms with van der Waals surface area (Å²) in [6.45, 7) is 4.56. The second-order valence-corrected chi connectivity index (χ2v) is 2.40. The molecule has 0 radical (unpaired) electrons. The lowest BCUT2D eigenvalue weighted by Gasteiger charge is -2.04. The van der Waals surface area contributed by atoms with Crippen LogP contribution in [0.15, 0.2) is 0 Å². The molecule has 1 amide bonds. The molecular formula is C8H18N2O2. The first-order valence-corrected chi connectivity index (χ1v) is 4.30. The number of nitrogens with one attached hydrogen (secondary N) is 2. The average Bonchev–Trinajstić information content (AvgIpc) is 2.09. The van der Waals surface area contributed by atoms with E-state index < -0.39 is 0 Å². The molecule has 72 valence electrons. The first kappa shape index (κ1) is 11.4. The van der Waals surface area contributed by atoms with Crippen LogP contribution in [0.5, 0.6) is 0 Å². The maximum atomic E-state index is 11.0. The molecule has 0 saturated heterocycles. The summed E-state index contributed by atoms with van der Waals surface area (Å²) in [6, 6.07) is 0. The van der Waals surface area contributed by atoms with Crippen molar-refractivity contribution in [2.24, 2.45) is 0 Å². The number of rotatable bonds is 7. The Kier molecular flexibility index (Phi) is 8.05. The Morgan fingerprint density at radius 3 is 2.75 bits per heavy atom. The smallest absolute Gasteiger partial charge is 0.221 e. The highest BCUT2D eigenvalue weighted by Crippen LogP contribution is 1.76. The molecule has 0 aromatic heterocycles. The lowest BCUT2D eigenvalue weighted by atomic mass is 10.4. The lowest BCUT2D eigenvalue weighted by Crippen LogP contribution is -2.29. The number of carbonyl (C=O) groups is 1. The predicted molar refractivity (Wildman–Crippen MR) is 48.0 cm³/mol. The highest BCUT2D eigenvalue weighted by molar-refractivity contribution is 5.75. The van der Waals surface area contributed by atoms with Crippen LogP contribution >= 0.6 is 0 Å². The van der Waals surface area contributed by atoms with Crippen molar-refractivity contribution < 1.29 is 9.53 Å². The van der Waals surface area contributed by atoms with Gasteiger partial charge in [0.05, 0.1) is 6.61 Å². The second kappa shape index (κ2) is 8.49. The molecule has 0 aromatic rings. The van der Waals surface area contributed by atoms with E-state index in [4.69, 9.17) is 4.74 Å². The normalized spacial score (nSPS) is 9.83. The number of ether oxygens (including phenoxy) is 1. The van der Waals surface area contributed by atoms with Crippen molar-refractivity contribution in [2.75, 3.05) is 33.4 Å². The Balaban J connectivity index is 3.08. The molecule has 0 aliphatic carbocycles. The minimum Gasteiger partial charge on any atom is -0.380 e. The van der Waals surface area contributed by atoms with Crippen LogP contribution in [0.1, 0.15) is 13.3 Å². The summed E-state index contributed by atoms with van der Waals surface area (Å²) in [4.78, 5) is 11.0. The molecule has 0 atom stereocenters. The third-order valence-corrected chi connectivity index (χ3v) is 1.37. The average molecular weight is 174 g/mol. The standard InChI is InChI=1S/C8H18N2O2/c1-3-12-7-6-10-8(11)4-5-9-2/h9H,3-7H2,1-2H3,(H,10,11). The maximum absolute atomic E-state index is 11.0. The molecule has 12 heavy (non-hydrogen) atoms. The van der Waals surface area contributed by atoms with E-state index >= 15 is 0 Å². The van der Waals surface area contributed by atoms with Crippen LogP contribution in [-0.2, 0) is 9.53 Å². The first-order chi connectivity index (χ1) is 5.81. The van der Waals surface area contributed by atoms with Gasteiger partial charge in [-0.1, -0.05) is 0 Å². The van der Waals surface area contributed by atoms with Gasteiger partial charge in [-0.05, 0) is 14.0 Å². The van der Waals surface area contributed by atoms with Gasteiger partial charge in [0, 0.05) is 26.1 Å². The van der Waals surface area contributed by atoms with Gasteiger partial charge >= 0.3 is 0 Å². The van der Waals surface area contributed by atoms with Gasteiger partial charge in [0.15, 0.2) is 0 Å². The molecule has 0 rings (SSSR count). The molecule has 0 saturated carbocycles. The van der Waals surface area contributed by atoms with Gasteiger partial charge in [0.25, 0.3) is 0 Å². The van der Waals surface area contributed by atoms with Crippen molar-refractivity contribution in [1.82, 2.24) is 10.6 Å². The third kappa shape index (κ3) is 7.50. The Hall–Kier alpha value is -0.610. The van der Waals surface area contributed by atoms with Gasteiger partial charge < -0.3 is 15.4 Å². The van der Waals surface area contributed by atoms with E-state index in [2.05, 4.69) is 10.6 Å². The Labute approximate surface area is 73.7 Å². The Morgan fingerprint density at radius 2 is 2.17 bits per heavy atom. The van der Waals surface area contributed by atoms with Gasteiger partial charge in [0.2, 0.25) is 5.91 Å². The molecule has 2 N–H and O–H groups in total. The quantitative estimate of drug-likeness (QED) is 0.523. The molecule has 0 aromatic carbocycles. The molecular weight excluding hydrogens is 156 g/mol. The van der Waals surface area contributed by atoms with E-state index in [1.165, 1.54) is 0 Å². The van der Waals surface area contributed by atoms with E-state index in [1.807, 2.05) is 14.0 Å². The van der Waals surface area contributed by atoms with Gasteiger partial charge in [-0.2, -0.15) is 0 Å². The predicted octanol–water partition coefficient (Wildman–Crippen LogP) is -0.251. The summed E-state index contributed by atoms with van der Waals surface area (Å²) in [7, 11) is 1.83.